The first-order valence-electron chi connectivity index (χ1n) is 28.8. The van der Waals surface area contributed by atoms with Gasteiger partial charge in [-0.25, -0.2) is 0 Å². The van der Waals surface area contributed by atoms with Crippen LogP contribution in [0.25, 0.3) is 0 Å². The summed E-state index contributed by atoms with van der Waals surface area (Å²) in [4.78, 5) is 24.5. The van der Waals surface area contributed by atoms with Crippen molar-refractivity contribution in [2.24, 2.45) is 0 Å². The van der Waals surface area contributed by atoms with Crippen LogP contribution in [0.2, 0.25) is 0 Å². The molecule has 0 aromatic rings. The van der Waals surface area contributed by atoms with Gasteiger partial charge in [-0.2, -0.15) is 0 Å². The zero-order chi connectivity index (χ0) is 45.8. The number of hydrogen-bond acceptors (Lipinski definition) is 5. The number of rotatable bonds is 54. The highest BCUT2D eigenvalue weighted by atomic mass is 16.5. The van der Waals surface area contributed by atoms with E-state index in [1.807, 2.05) is 0 Å². The second-order valence-corrected chi connectivity index (χ2v) is 20.0. The highest BCUT2D eigenvalue weighted by Gasteiger charge is 2.20. The van der Waals surface area contributed by atoms with Crippen molar-refractivity contribution in [1.29, 1.82) is 0 Å². The minimum Gasteiger partial charge on any atom is -0.466 e. The van der Waals surface area contributed by atoms with Gasteiger partial charge in [0, 0.05) is 12.8 Å². The van der Waals surface area contributed by atoms with Gasteiger partial charge in [-0.05, 0) is 25.7 Å². The molecule has 0 aliphatic rings. The molecule has 6 nitrogen and oxygen atoms in total. The maximum absolute atomic E-state index is 12.5. The Morgan fingerprint density at radius 2 is 0.651 bits per heavy atom. The van der Waals surface area contributed by atoms with Gasteiger partial charge in [0.05, 0.1) is 25.4 Å². The molecule has 0 radical (unpaired) electrons. The SMILES string of the molecule is CCCCCCCCCCCCCCCCCCCCCCCCCCCC(O)C(CO)NC(=O)CCCCCCCCCCCCOC(=O)CCCCCCCCCCCCC. The average Bonchev–Trinajstić information content (AvgIpc) is 3.28. The predicted molar refractivity (Wildman–Crippen MR) is 274 cm³/mol. The molecular formula is C57H113NO5. The van der Waals surface area contributed by atoms with Crippen molar-refractivity contribution in [3.8, 4) is 0 Å². The zero-order valence-corrected chi connectivity index (χ0v) is 42.8. The summed E-state index contributed by atoms with van der Waals surface area (Å²) in [5, 5.41) is 23.3. The number of unbranched alkanes of at least 4 members (excludes halogenated alkanes) is 43. The van der Waals surface area contributed by atoms with Gasteiger partial charge in [0.25, 0.3) is 0 Å². The molecule has 0 aliphatic heterocycles. The molecule has 0 fully saturated rings. The first-order chi connectivity index (χ1) is 31.0. The third-order valence-electron chi connectivity index (χ3n) is 13.7. The molecule has 0 aromatic carbocycles. The summed E-state index contributed by atoms with van der Waals surface area (Å²) < 4.78 is 5.44. The van der Waals surface area contributed by atoms with Crippen molar-refractivity contribution in [3.63, 3.8) is 0 Å². The number of aliphatic hydroxyl groups is 2. The fraction of sp³-hybridized carbons (Fsp3) is 0.965. The van der Waals surface area contributed by atoms with Crippen molar-refractivity contribution >= 4 is 11.9 Å². The molecule has 0 aliphatic carbocycles. The molecule has 0 saturated carbocycles. The second kappa shape index (κ2) is 53.5. The van der Waals surface area contributed by atoms with Crippen molar-refractivity contribution in [1.82, 2.24) is 5.32 Å². The van der Waals surface area contributed by atoms with E-state index >= 15 is 0 Å². The Morgan fingerprint density at radius 3 is 0.968 bits per heavy atom. The monoisotopic (exact) mass is 892 g/mol. The lowest BCUT2D eigenvalue weighted by Crippen LogP contribution is -2.45. The molecule has 376 valence electrons. The van der Waals surface area contributed by atoms with Gasteiger partial charge in [-0.3, -0.25) is 9.59 Å². The largest absolute Gasteiger partial charge is 0.466 e. The topological polar surface area (TPSA) is 95.9 Å². The number of hydrogen-bond donors (Lipinski definition) is 3. The molecule has 2 atom stereocenters. The molecule has 3 N–H and O–H groups in total. The lowest BCUT2D eigenvalue weighted by Gasteiger charge is -2.22. The summed E-state index contributed by atoms with van der Waals surface area (Å²) in [5.41, 5.74) is 0. The third kappa shape index (κ3) is 50.1. The van der Waals surface area contributed by atoms with E-state index in [0.717, 1.165) is 57.8 Å². The number of carbonyl (C=O) groups is 2. The summed E-state index contributed by atoms with van der Waals surface area (Å²) in [6, 6.07) is -0.557. The Balaban J connectivity index is 3.45. The molecule has 0 saturated heterocycles. The first-order valence-corrected chi connectivity index (χ1v) is 28.8. The summed E-state index contributed by atoms with van der Waals surface area (Å²) in [6.45, 7) is 4.92. The van der Waals surface area contributed by atoms with Gasteiger partial charge in [0.15, 0.2) is 0 Å². The molecule has 2 unspecified atom stereocenters. The molecule has 0 aromatic heterocycles. The molecule has 0 spiro atoms. The van der Waals surface area contributed by atoms with Gasteiger partial charge in [0.2, 0.25) is 5.91 Å². The molecule has 1 amide bonds. The predicted octanol–water partition coefficient (Wildman–Crippen LogP) is 17.5. The highest BCUT2D eigenvalue weighted by molar-refractivity contribution is 5.76. The lowest BCUT2D eigenvalue weighted by molar-refractivity contribution is -0.143. The number of aliphatic hydroxyl groups excluding tert-OH is 2. The summed E-state index contributed by atoms with van der Waals surface area (Å²) in [5.74, 6) is -0.0706. The maximum atomic E-state index is 12.5. The second-order valence-electron chi connectivity index (χ2n) is 20.0. The third-order valence-corrected chi connectivity index (χ3v) is 13.7. The Bertz CT molecular complexity index is 898. The Morgan fingerprint density at radius 1 is 0.381 bits per heavy atom. The number of ether oxygens (including phenoxy) is 1. The first kappa shape index (κ1) is 61.9. The van der Waals surface area contributed by atoms with Crippen molar-refractivity contribution in [2.45, 2.75) is 341 Å². The van der Waals surface area contributed by atoms with Crippen LogP contribution in [-0.4, -0.2) is 47.4 Å². The quantitative estimate of drug-likeness (QED) is 0.0418. The number of carbonyl (C=O) groups excluding carboxylic acids is 2. The molecular weight excluding hydrogens is 779 g/mol. The van der Waals surface area contributed by atoms with Crippen LogP contribution >= 0.6 is 0 Å². The molecule has 0 bridgehead atoms. The minimum absolute atomic E-state index is 0.0175. The number of esters is 1. The summed E-state index contributed by atoms with van der Waals surface area (Å²) in [6.07, 6.45) is 60.9. The van der Waals surface area contributed by atoms with Crippen LogP contribution in [0, 0.1) is 0 Å². The Labute approximate surface area is 394 Å². The van der Waals surface area contributed by atoms with Gasteiger partial charge >= 0.3 is 5.97 Å². The molecule has 0 heterocycles. The van der Waals surface area contributed by atoms with E-state index in [4.69, 9.17) is 4.74 Å². The fourth-order valence-corrected chi connectivity index (χ4v) is 9.23. The van der Waals surface area contributed by atoms with Crippen LogP contribution in [0.15, 0.2) is 0 Å². The van der Waals surface area contributed by atoms with Gasteiger partial charge < -0.3 is 20.3 Å². The van der Waals surface area contributed by atoms with Crippen molar-refractivity contribution in [3.05, 3.63) is 0 Å². The fourth-order valence-electron chi connectivity index (χ4n) is 9.23. The maximum Gasteiger partial charge on any atom is 0.305 e. The Hall–Kier alpha value is -1.14. The highest BCUT2D eigenvalue weighted by Crippen LogP contribution is 2.18. The van der Waals surface area contributed by atoms with E-state index in [0.29, 0.717) is 25.9 Å². The van der Waals surface area contributed by atoms with Crippen LogP contribution in [0.5, 0.6) is 0 Å². The summed E-state index contributed by atoms with van der Waals surface area (Å²) in [7, 11) is 0. The van der Waals surface area contributed by atoms with E-state index in [1.165, 1.54) is 238 Å². The van der Waals surface area contributed by atoms with Gasteiger partial charge in [0.1, 0.15) is 0 Å². The van der Waals surface area contributed by atoms with Gasteiger partial charge in [-0.1, -0.05) is 290 Å². The van der Waals surface area contributed by atoms with E-state index in [2.05, 4.69) is 19.2 Å². The van der Waals surface area contributed by atoms with E-state index in [1.54, 1.807) is 0 Å². The lowest BCUT2D eigenvalue weighted by atomic mass is 10.0. The van der Waals surface area contributed by atoms with Gasteiger partial charge in [-0.15, -0.1) is 0 Å². The standard InChI is InChI=1S/C57H113NO5/c1-3-5-7-9-11-13-15-16-17-18-19-20-21-22-23-24-25-26-27-28-30-33-37-41-45-49-55(60)54(53-59)58-56(61)50-46-42-38-34-31-32-36-40-44-48-52-63-57(62)51-47-43-39-35-29-14-12-10-8-6-4-2/h54-55,59-60H,3-53H2,1-2H3,(H,58,61). The number of nitrogens with one attached hydrogen (secondary N) is 1. The smallest absolute Gasteiger partial charge is 0.305 e. The van der Waals surface area contributed by atoms with Crippen LogP contribution in [-0.2, 0) is 14.3 Å². The zero-order valence-electron chi connectivity index (χ0n) is 42.8. The van der Waals surface area contributed by atoms with Crippen LogP contribution < -0.4 is 5.32 Å². The minimum atomic E-state index is -0.678. The molecule has 63 heavy (non-hydrogen) atoms. The summed E-state index contributed by atoms with van der Waals surface area (Å²) >= 11 is 0. The van der Waals surface area contributed by atoms with Crippen molar-refractivity contribution in [2.75, 3.05) is 13.2 Å². The Kier molecular flexibility index (Phi) is 52.5. The normalized spacial score (nSPS) is 12.5. The molecule has 6 heteroatoms. The van der Waals surface area contributed by atoms with Crippen molar-refractivity contribution < 1.29 is 24.5 Å². The van der Waals surface area contributed by atoms with Crippen LogP contribution in [0.1, 0.15) is 328 Å². The number of amides is 1. The van der Waals surface area contributed by atoms with Crippen LogP contribution in [0.4, 0.5) is 0 Å². The van der Waals surface area contributed by atoms with E-state index in [9.17, 15) is 19.8 Å². The molecule has 0 rings (SSSR count). The van der Waals surface area contributed by atoms with Crippen LogP contribution in [0.3, 0.4) is 0 Å². The average molecular weight is 893 g/mol. The van der Waals surface area contributed by atoms with E-state index in [-0.39, 0.29) is 18.5 Å². The van der Waals surface area contributed by atoms with E-state index < -0.39 is 12.1 Å².